The van der Waals surface area contributed by atoms with Gasteiger partial charge in [-0.25, -0.2) is 4.68 Å². The number of furan rings is 1. The first-order chi connectivity index (χ1) is 13.7. The van der Waals surface area contributed by atoms with E-state index in [-0.39, 0.29) is 17.4 Å². The molecule has 138 valence electrons. The lowest BCUT2D eigenvalue weighted by atomic mass is 10.2. The van der Waals surface area contributed by atoms with Gasteiger partial charge < -0.3 is 9.73 Å². The van der Waals surface area contributed by atoms with Crippen LogP contribution in [0.3, 0.4) is 0 Å². The first kappa shape index (κ1) is 17.8. The number of hydrogen-bond donors (Lipinski definition) is 1. The van der Waals surface area contributed by atoms with E-state index in [1.807, 2.05) is 42.5 Å². The smallest absolute Gasteiger partial charge is 0.234 e. The average Bonchev–Trinajstić information content (AvgIpc) is 3.31. The normalized spacial score (nSPS) is 10.7. The molecule has 0 atom stereocenters. The summed E-state index contributed by atoms with van der Waals surface area (Å²) in [5.74, 6) is -0.102. The topological polar surface area (TPSA) is 110 Å². The molecule has 0 aliphatic rings. The van der Waals surface area contributed by atoms with E-state index in [0.717, 1.165) is 5.56 Å². The summed E-state index contributed by atoms with van der Waals surface area (Å²) in [7, 11) is 0. The van der Waals surface area contributed by atoms with Crippen LogP contribution in [0.4, 0.5) is 5.69 Å². The summed E-state index contributed by atoms with van der Waals surface area (Å²) in [5.41, 5.74) is 1.99. The number of anilines is 1. The van der Waals surface area contributed by atoms with Crippen LogP contribution in [0.15, 0.2) is 64.2 Å². The van der Waals surface area contributed by atoms with Gasteiger partial charge in [-0.15, -0.1) is 5.10 Å². The van der Waals surface area contributed by atoms with E-state index < -0.39 is 0 Å². The Morgan fingerprint density at radius 3 is 2.79 bits per heavy atom. The van der Waals surface area contributed by atoms with E-state index >= 15 is 0 Å². The van der Waals surface area contributed by atoms with E-state index in [9.17, 15) is 10.1 Å². The molecule has 0 fully saturated rings. The number of benzene rings is 2. The molecule has 1 N–H and O–H groups in total. The Balaban J connectivity index is 1.44. The molecule has 2 aromatic carbocycles. The number of carbonyl (C=O) groups excluding carboxylic acids is 1. The summed E-state index contributed by atoms with van der Waals surface area (Å²) in [6.45, 7) is 0.517. The second-order valence-corrected chi connectivity index (χ2v) is 6.80. The Morgan fingerprint density at radius 1 is 1.18 bits per heavy atom. The summed E-state index contributed by atoms with van der Waals surface area (Å²) >= 11 is 1.22. The summed E-state index contributed by atoms with van der Waals surface area (Å²) in [6, 6.07) is 18.9. The quantitative estimate of drug-likeness (QED) is 0.504. The monoisotopic (exact) mass is 390 g/mol. The molecule has 2 heterocycles. The van der Waals surface area contributed by atoms with Crippen molar-refractivity contribution in [3.8, 4) is 6.07 Å². The number of nitrogens with zero attached hydrogens (tertiary/aromatic N) is 5. The molecule has 0 saturated carbocycles. The van der Waals surface area contributed by atoms with Gasteiger partial charge in [0.2, 0.25) is 16.8 Å². The van der Waals surface area contributed by atoms with Crippen molar-refractivity contribution in [1.29, 1.82) is 5.26 Å². The number of nitrogens with one attached hydrogen (secondary N) is 1. The lowest BCUT2D eigenvalue weighted by Crippen LogP contribution is -2.15. The number of aromatic nitrogens is 4. The fourth-order valence-corrected chi connectivity index (χ4v) is 3.39. The van der Waals surface area contributed by atoms with Crippen LogP contribution in [0.25, 0.3) is 11.0 Å². The molecule has 9 heteroatoms. The van der Waals surface area contributed by atoms with Gasteiger partial charge in [0.1, 0.15) is 17.3 Å². The molecular formula is C19H14N6O2S. The summed E-state index contributed by atoms with van der Waals surface area (Å²) in [6.07, 6.45) is 0. The Kier molecular flexibility index (Phi) is 5.03. The highest BCUT2D eigenvalue weighted by molar-refractivity contribution is 7.99. The van der Waals surface area contributed by atoms with Crippen LogP contribution in [0.2, 0.25) is 0 Å². The number of thioether (sulfide) groups is 1. The van der Waals surface area contributed by atoms with Crippen LogP contribution in [0, 0.1) is 11.3 Å². The van der Waals surface area contributed by atoms with E-state index in [1.165, 1.54) is 11.8 Å². The number of nitriles is 1. The van der Waals surface area contributed by atoms with Gasteiger partial charge in [-0.1, -0.05) is 54.2 Å². The second kappa shape index (κ2) is 7.94. The van der Waals surface area contributed by atoms with E-state index in [4.69, 9.17) is 4.42 Å². The minimum atomic E-state index is -0.276. The number of tetrazole rings is 1. The van der Waals surface area contributed by atoms with Crippen LogP contribution in [0.1, 0.15) is 11.3 Å². The summed E-state index contributed by atoms with van der Waals surface area (Å²) in [4.78, 5) is 12.4. The Bertz CT molecular complexity index is 1160. The third kappa shape index (κ3) is 3.72. The molecule has 0 bridgehead atoms. The molecule has 0 spiro atoms. The Hall–Kier alpha value is -3.64. The predicted octanol–water partition coefficient (Wildman–Crippen LogP) is 3.07. The maximum Gasteiger partial charge on any atom is 0.234 e. The fourth-order valence-electron chi connectivity index (χ4n) is 2.71. The molecule has 4 aromatic rings. The van der Waals surface area contributed by atoms with Crippen molar-refractivity contribution >= 4 is 34.3 Å². The van der Waals surface area contributed by atoms with Crippen LogP contribution in [-0.2, 0) is 11.3 Å². The SMILES string of the molecule is N#Cc1oc2ccccc2c1NC(=O)CSc1nnnn1Cc1ccccc1. The van der Waals surface area contributed by atoms with Gasteiger partial charge in [0, 0.05) is 5.39 Å². The molecule has 0 radical (unpaired) electrons. The van der Waals surface area contributed by atoms with Crippen molar-refractivity contribution in [1.82, 2.24) is 20.2 Å². The van der Waals surface area contributed by atoms with Crippen LogP contribution in [0.5, 0.6) is 0 Å². The molecule has 0 aliphatic heterocycles. The van der Waals surface area contributed by atoms with Crippen LogP contribution >= 0.6 is 11.8 Å². The Labute approximate surface area is 164 Å². The standard InChI is InChI=1S/C19H14N6O2S/c20-10-16-18(14-8-4-5-9-15(14)27-16)21-17(26)12-28-19-22-23-24-25(19)11-13-6-2-1-3-7-13/h1-9H,11-12H2,(H,21,26). The molecule has 0 aliphatic carbocycles. The lowest BCUT2D eigenvalue weighted by molar-refractivity contribution is -0.113. The summed E-state index contributed by atoms with van der Waals surface area (Å²) in [5, 5.41) is 24.9. The van der Waals surface area contributed by atoms with E-state index in [0.29, 0.717) is 28.4 Å². The number of rotatable bonds is 6. The number of hydrogen-bond acceptors (Lipinski definition) is 7. The molecular weight excluding hydrogens is 376 g/mol. The predicted molar refractivity (Wildman–Crippen MR) is 104 cm³/mol. The largest absolute Gasteiger partial charge is 0.443 e. The maximum atomic E-state index is 12.4. The van der Waals surface area contributed by atoms with Crippen molar-refractivity contribution in [2.24, 2.45) is 0 Å². The molecule has 28 heavy (non-hydrogen) atoms. The van der Waals surface area contributed by atoms with Crippen molar-refractivity contribution in [3.05, 3.63) is 65.9 Å². The van der Waals surface area contributed by atoms with Gasteiger partial charge in [-0.05, 0) is 28.1 Å². The van der Waals surface area contributed by atoms with Crippen molar-refractivity contribution in [2.75, 3.05) is 11.1 Å². The highest BCUT2D eigenvalue weighted by atomic mass is 32.2. The summed E-state index contributed by atoms with van der Waals surface area (Å²) < 4.78 is 7.11. The average molecular weight is 390 g/mol. The number of fused-ring (bicyclic) bond motifs is 1. The van der Waals surface area contributed by atoms with Gasteiger partial charge in [0.25, 0.3) is 0 Å². The minimum Gasteiger partial charge on any atom is -0.443 e. The highest BCUT2D eigenvalue weighted by Crippen LogP contribution is 2.30. The Morgan fingerprint density at radius 2 is 1.96 bits per heavy atom. The highest BCUT2D eigenvalue weighted by Gasteiger charge is 2.17. The minimum absolute atomic E-state index is 0.0773. The lowest BCUT2D eigenvalue weighted by Gasteiger charge is -2.05. The van der Waals surface area contributed by atoms with Crippen molar-refractivity contribution in [3.63, 3.8) is 0 Å². The zero-order chi connectivity index (χ0) is 19.3. The van der Waals surface area contributed by atoms with E-state index in [1.54, 1.807) is 22.9 Å². The van der Waals surface area contributed by atoms with Crippen LogP contribution < -0.4 is 5.32 Å². The number of para-hydroxylation sites is 1. The fraction of sp³-hybridized carbons (Fsp3) is 0.105. The maximum absolute atomic E-state index is 12.4. The van der Waals surface area contributed by atoms with Gasteiger partial charge in [0.15, 0.2) is 0 Å². The first-order valence-corrected chi connectivity index (χ1v) is 9.37. The zero-order valence-electron chi connectivity index (χ0n) is 14.6. The first-order valence-electron chi connectivity index (χ1n) is 8.39. The number of amides is 1. The molecule has 1 amide bonds. The third-order valence-corrected chi connectivity index (χ3v) is 4.93. The van der Waals surface area contributed by atoms with Gasteiger partial charge in [0.05, 0.1) is 12.3 Å². The molecule has 4 rings (SSSR count). The van der Waals surface area contributed by atoms with Crippen molar-refractivity contribution < 1.29 is 9.21 Å². The molecule has 0 saturated heterocycles. The van der Waals surface area contributed by atoms with Crippen molar-refractivity contribution in [2.45, 2.75) is 11.7 Å². The third-order valence-electron chi connectivity index (χ3n) is 3.97. The van der Waals surface area contributed by atoms with Gasteiger partial charge in [-0.3, -0.25) is 4.79 Å². The van der Waals surface area contributed by atoms with Gasteiger partial charge >= 0.3 is 0 Å². The second-order valence-electron chi connectivity index (χ2n) is 5.86. The zero-order valence-corrected chi connectivity index (χ0v) is 15.4. The van der Waals surface area contributed by atoms with E-state index in [2.05, 4.69) is 20.8 Å². The van der Waals surface area contributed by atoms with Crippen LogP contribution in [-0.4, -0.2) is 31.9 Å². The van der Waals surface area contributed by atoms with Gasteiger partial charge in [-0.2, -0.15) is 5.26 Å². The molecule has 8 nitrogen and oxygen atoms in total. The molecule has 2 aromatic heterocycles. The molecule has 0 unspecified atom stereocenters. The number of carbonyl (C=O) groups is 1.